The number of carbonyl (C=O) groups excluding carboxylic acids is 1. The van der Waals surface area contributed by atoms with Gasteiger partial charge in [0.25, 0.3) is 0 Å². The van der Waals surface area contributed by atoms with Crippen molar-refractivity contribution in [2.45, 2.75) is 25.3 Å². The minimum atomic E-state index is 0.0454. The summed E-state index contributed by atoms with van der Waals surface area (Å²) in [6.45, 7) is 1.37. The van der Waals surface area contributed by atoms with Crippen LogP contribution in [0.2, 0.25) is 0 Å². The minimum absolute atomic E-state index is 0.0454. The van der Waals surface area contributed by atoms with Crippen LogP contribution in [0.15, 0.2) is 0 Å². The van der Waals surface area contributed by atoms with Crippen molar-refractivity contribution >= 4 is 5.91 Å². The van der Waals surface area contributed by atoms with Gasteiger partial charge in [-0.3, -0.25) is 4.79 Å². The molecule has 1 aliphatic heterocycles. The zero-order chi connectivity index (χ0) is 8.97. The second-order valence-electron chi connectivity index (χ2n) is 3.10. The van der Waals surface area contributed by atoms with E-state index in [9.17, 15) is 4.79 Å². The molecule has 3 N–H and O–H groups in total. The molecule has 0 aromatic rings. The highest BCUT2D eigenvalue weighted by Gasteiger charge is 2.29. The highest BCUT2D eigenvalue weighted by Crippen LogP contribution is 2.17. The van der Waals surface area contributed by atoms with E-state index in [0.29, 0.717) is 19.5 Å². The molecule has 0 saturated carbocycles. The maximum absolute atomic E-state index is 11.2. The average molecular weight is 172 g/mol. The third-order valence-corrected chi connectivity index (χ3v) is 2.27. The summed E-state index contributed by atoms with van der Waals surface area (Å²) in [7, 11) is 0. The molecule has 0 aromatic heterocycles. The van der Waals surface area contributed by atoms with Crippen molar-refractivity contribution in [2.24, 2.45) is 5.73 Å². The molecule has 1 fully saturated rings. The Hall–Kier alpha value is -0.610. The Morgan fingerprint density at radius 3 is 3.00 bits per heavy atom. The Morgan fingerprint density at radius 1 is 1.67 bits per heavy atom. The van der Waals surface area contributed by atoms with Crippen molar-refractivity contribution in [3.63, 3.8) is 0 Å². The summed E-state index contributed by atoms with van der Waals surface area (Å²) in [5.74, 6) is 0.155. The SMILES string of the molecule is NCCCN1C(=O)CC[C@H]1CO. The van der Waals surface area contributed by atoms with Gasteiger partial charge in [-0.15, -0.1) is 0 Å². The van der Waals surface area contributed by atoms with Crippen LogP contribution in [0.3, 0.4) is 0 Å². The first kappa shape index (κ1) is 9.48. The van der Waals surface area contributed by atoms with Crippen LogP contribution in [-0.2, 0) is 4.79 Å². The van der Waals surface area contributed by atoms with E-state index in [-0.39, 0.29) is 18.6 Å². The fourth-order valence-corrected chi connectivity index (χ4v) is 1.55. The van der Waals surface area contributed by atoms with Crippen LogP contribution >= 0.6 is 0 Å². The summed E-state index contributed by atoms with van der Waals surface area (Å²) >= 11 is 0. The van der Waals surface area contributed by atoms with E-state index in [0.717, 1.165) is 12.8 Å². The predicted octanol–water partition coefficient (Wildman–Crippen LogP) is -0.681. The third kappa shape index (κ3) is 1.95. The molecule has 12 heavy (non-hydrogen) atoms. The maximum atomic E-state index is 11.2. The van der Waals surface area contributed by atoms with E-state index in [1.54, 1.807) is 4.90 Å². The topological polar surface area (TPSA) is 66.6 Å². The maximum Gasteiger partial charge on any atom is 0.222 e. The van der Waals surface area contributed by atoms with Crippen LogP contribution in [0.5, 0.6) is 0 Å². The lowest BCUT2D eigenvalue weighted by molar-refractivity contribution is -0.129. The van der Waals surface area contributed by atoms with Crippen LogP contribution in [0.25, 0.3) is 0 Å². The summed E-state index contributed by atoms with van der Waals surface area (Å²) in [6.07, 6.45) is 2.19. The summed E-state index contributed by atoms with van der Waals surface area (Å²) in [6, 6.07) is 0.0454. The molecule has 0 spiro atoms. The molecule has 0 unspecified atom stereocenters. The molecule has 4 nitrogen and oxygen atoms in total. The van der Waals surface area contributed by atoms with Crippen molar-refractivity contribution < 1.29 is 9.90 Å². The fraction of sp³-hybridized carbons (Fsp3) is 0.875. The number of carbonyl (C=O) groups is 1. The molecule has 0 radical (unpaired) electrons. The number of hydrogen-bond acceptors (Lipinski definition) is 3. The van der Waals surface area contributed by atoms with Gasteiger partial charge in [-0.25, -0.2) is 0 Å². The smallest absolute Gasteiger partial charge is 0.222 e. The number of hydrogen-bond donors (Lipinski definition) is 2. The Labute approximate surface area is 72.3 Å². The molecule has 0 bridgehead atoms. The largest absolute Gasteiger partial charge is 0.394 e. The van der Waals surface area contributed by atoms with Gasteiger partial charge in [0.15, 0.2) is 0 Å². The molecule has 1 amide bonds. The molecule has 0 aliphatic carbocycles. The van der Waals surface area contributed by atoms with Crippen LogP contribution in [0.1, 0.15) is 19.3 Å². The Kier molecular flexibility index (Phi) is 3.49. The number of likely N-dealkylation sites (tertiary alicyclic amines) is 1. The molecular formula is C8H16N2O2. The average Bonchev–Trinajstić information content (AvgIpc) is 2.43. The molecule has 4 heteroatoms. The van der Waals surface area contributed by atoms with Crippen molar-refractivity contribution in [1.82, 2.24) is 4.90 Å². The fourth-order valence-electron chi connectivity index (χ4n) is 1.55. The number of nitrogens with zero attached hydrogens (tertiary/aromatic N) is 1. The minimum Gasteiger partial charge on any atom is -0.394 e. The normalized spacial score (nSPS) is 23.7. The lowest BCUT2D eigenvalue weighted by Gasteiger charge is -2.22. The van der Waals surface area contributed by atoms with E-state index in [4.69, 9.17) is 10.8 Å². The van der Waals surface area contributed by atoms with Crippen molar-refractivity contribution in [3.05, 3.63) is 0 Å². The molecule has 0 aromatic carbocycles. The number of amides is 1. The lowest BCUT2D eigenvalue weighted by atomic mass is 10.2. The highest BCUT2D eigenvalue weighted by molar-refractivity contribution is 5.78. The second kappa shape index (κ2) is 4.42. The molecule has 1 rings (SSSR count). The molecular weight excluding hydrogens is 156 g/mol. The van der Waals surface area contributed by atoms with E-state index in [2.05, 4.69) is 0 Å². The Bertz CT molecular complexity index is 161. The Morgan fingerprint density at radius 2 is 2.42 bits per heavy atom. The second-order valence-corrected chi connectivity index (χ2v) is 3.10. The van der Waals surface area contributed by atoms with Gasteiger partial charge in [0.2, 0.25) is 5.91 Å². The van der Waals surface area contributed by atoms with Gasteiger partial charge in [-0.1, -0.05) is 0 Å². The third-order valence-electron chi connectivity index (χ3n) is 2.27. The lowest BCUT2D eigenvalue weighted by Crippen LogP contribution is -2.36. The van der Waals surface area contributed by atoms with Gasteiger partial charge >= 0.3 is 0 Å². The van der Waals surface area contributed by atoms with Gasteiger partial charge in [0, 0.05) is 13.0 Å². The molecule has 1 heterocycles. The number of aliphatic hydroxyl groups excluding tert-OH is 1. The summed E-state index contributed by atoms with van der Waals surface area (Å²) in [4.78, 5) is 13.0. The number of nitrogens with two attached hydrogens (primary N) is 1. The van der Waals surface area contributed by atoms with Crippen LogP contribution in [0, 0.1) is 0 Å². The molecule has 1 atom stereocenters. The van der Waals surface area contributed by atoms with E-state index >= 15 is 0 Å². The van der Waals surface area contributed by atoms with Gasteiger partial charge in [-0.05, 0) is 19.4 Å². The zero-order valence-electron chi connectivity index (χ0n) is 7.20. The molecule has 1 saturated heterocycles. The van der Waals surface area contributed by atoms with E-state index < -0.39 is 0 Å². The van der Waals surface area contributed by atoms with E-state index in [1.165, 1.54) is 0 Å². The molecule has 1 aliphatic rings. The first-order valence-corrected chi connectivity index (χ1v) is 4.40. The predicted molar refractivity (Wildman–Crippen MR) is 45.5 cm³/mol. The number of rotatable bonds is 4. The van der Waals surface area contributed by atoms with Crippen LogP contribution in [0.4, 0.5) is 0 Å². The highest BCUT2D eigenvalue weighted by atomic mass is 16.3. The van der Waals surface area contributed by atoms with Crippen LogP contribution in [-0.4, -0.2) is 41.7 Å². The summed E-state index contributed by atoms with van der Waals surface area (Å²) < 4.78 is 0. The van der Waals surface area contributed by atoms with Crippen molar-refractivity contribution in [3.8, 4) is 0 Å². The first-order chi connectivity index (χ1) is 5.79. The number of aliphatic hydroxyl groups is 1. The van der Waals surface area contributed by atoms with Crippen molar-refractivity contribution in [2.75, 3.05) is 19.7 Å². The van der Waals surface area contributed by atoms with Gasteiger partial charge < -0.3 is 15.7 Å². The zero-order valence-corrected chi connectivity index (χ0v) is 7.20. The van der Waals surface area contributed by atoms with Gasteiger partial charge in [0.05, 0.1) is 12.6 Å². The van der Waals surface area contributed by atoms with E-state index in [1.807, 2.05) is 0 Å². The summed E-state index contributed by atoms with van der Waals surface area (Å²) in [5.41, 5.74) is 5.34. The monoisotopic (exact) mass is 172 g/mol. The molecule has 70 valence electrons. The quantitative estimate of drug-likeness (QED) is 0.590. The van der Waals surface area contributed by atoms with Gasteiger partial charge in [-0.2, -0.15) is 0 Å². The first-order valence-electron chi connectivity index (χ1n) is 4.40. The van der Waals surface area contributed by atoms with Crippen molar-refractivity contribution in [1.29, 1.82) is 0 Å². The standard InChI is InChI=1S/C8H16N2O2/c9-4-1-5-10-7(6-11)2-3-8(10)12/h7,11H,1-6,9H2/t7-/m0/s1. The summed E-state index contributed by atoms with van der Waals surface area (Å²) in [5, 5.41) is 8.93. The Balaban J connectivity index is 2.40. The van der Waals surface area contributed by atoms with Gasteiger partial charge in [0.1, 0.15) is 0 Å². The van der Waals surface area contributed by atoms with Crippen LogP contribution < -0.4 is 5.73 Å².